The van der Waals surface area contributed by atoms with Crippen molar-refractivity contribution < 1.29 is 14.3 Å². The van der Waals surface area contributed by atoms with E-state index in [0.717, 1.165) is 16.3 Å². The highest BCUT2D eigenvalue weighted by atomic mass is 32.2. The van der Waals surface area contributed by atoms with E-state index >= 15 is 0 Å². The number of hydrogen-bond acceptors (Lipinski definition) is 6. The van der Waals surface area contributed by atoms with Crippen LogP contribution < -0.4 is 20.7 Å². The summed E-state index contributed by atoms with van der Waals surface area (Å²) < 4.78 is 5.61. The summed E-state index contributed by atoms with van der Waals surface area (Å²) in [6.07, 6.45) is 0. The van der Waals surface area contributed by atoms with E-state index < -0.39 is 5.92 Å². The van der Waals surface area contributed by atoms with Gasteiger partial charge >= 0.3 is 0 Å². The van der Waals surface area contributed by atoms with Crippen molar-refractivity contribution in [1.82, 2.24) is 5.32 Å². The van der Waals surface area contributed by atoms with Crippen LogP contribution in [0.15, 0.2) is 119 Å². The molecule has 2 amide bonds. The predicted octanol–water partition coefficient (Wildman–Crippen LogP) is 6.95. The van der Waals surface area contributed by atoms with Gasteiger partial charge in [0.25, 0.3) is 5.91 Å². The maximum absolute atomic E-state index is 13.6. The number of nitrogens with zero attached hydrogens (tertiary/aromatic N) is 1. The summed E-state index contributed by atoms with van der Waals surface area (Å²) in [5.41, 5.74) is 3.54. The minimum Gasteiger partial charge on any atom is -0.494 e. The fourth-order valence-electron chi connectivity index (χ4n) is 4.91. The van der Waals surface area contributed by atoms with Crippen molar-refractivity contribution in [1.29, 1.82) is 5.26 Å². The lowest BCUT2D eigenvalue weighted by Gasteiger charge is -2.30. The molecule has 3 N–H and O–H groups in total. The van der Waals surface area contributed by atoms with Crippen LogP contribution in [0.25, 0.3) is 10.8 Å². The molecule has 1 aliphatic heterocycles. The van der Waals surface area contributed by atoms with E-state index in [-0.39, 0.29) is 17.6 Å². The molecule has 1 atom stereocenters. The van der Waals surface area contributed by atoms with Gasteiger partial charge in [-0.2, -0.15) is 5.26 Å². The fraction of sp³-hybridized carbons (Fsp3) is 0.147. The van der Waals surface area contributed by atoms with Gasteiger partial charge in [-0.15, -0.1) is 0 Å². The number of thioether (sulfide) groups is 1. The topological polar surface area (TPSA) is 103 Å². The van der Waals surface area contributed by atoms with Crippen molar-refractivity contribution in [2.24, 2.45) is 0 Å². The Balaban J connectivity index is 1.41. The van der Waals surface area contributed by atoms with E-state index in [1.165, 1.54) is 11.8 Å². The second kappa shape index (κ2) is 13.1. The van der Waals surface area contributed by atoms with Crippen LogP contribution in [0.4, 0.5) is 11.4 Å². The Morgan fingerprint density at radius 1 is 0.905 bits per heavy atom. The number of fused-ring (bicyclic) bond motifs is 1. The van der Waals surface area contributed by atoms with Crippen molar-refractivity contribution >= 4 is 45.7 Å². The standard InChI is InChI=1S/C34H30N4O3S/c1-3-41-28-17-14-24(15-18-28)32-29(20-35)34(36-22(2)31(32)33(40)38-26-11-5-4-6-12-26)42-21-30(39)37-27-16-13-23-9-7-8-10-25(23)19-27/h4-19,32,36H,3,21H2,1-2H3,(H,37,39)(H,38,40)/t32-/m0/s1. The van der Waals surface area contributed by atoms with E-state index in [9.17, 15) is 14.9 Å². The van der Waals surface area contributed by atoms with Gasteiger partial charge in [-0.25, -0.2) is 0 Å². The van der Waals surface area contributed by atoms with Crippen molar-refractivity contribution in [2.75, 3.05) is 23.0 Å². The quantitative estimate of drug-likeness (QED) is 0.200. The maximum Gasteiger partial charge on any atom is 0.254 e. The van der Waals surface area contributed by atoms with E-state index in [0.29, 0.717) is 45.6 Å². The molecule has 0 spiro atoms. The SMILES string of the molecule is CCOc1ccc([C@H]2C(C#N)=C(SCC(=O)Nc3ccc4ccccc4c3)NC(C)=C2C(=O)Nc2ccccc2)cc1. The summed E-state index contributed by atoms with van der Waals surface area (Å²) in [5.74, 6) is -0.366. The number of anilines is 2. The van der Waals surface area contributed by atoms with Crippen LogP contribution >= 0.6 is 11.8 Å². The van der Waals surface area contributed by atoms with Gasteiger partial charge in [0.05, 0.1) is 34.9 Å². The number of para-hydroxylation sites is 1. The van der Waals surface area contributed by atoms with Crippen LogP contribution in [0.2, 0.25) is 0 Å². The molecule has 0 fully saturated rings. The molecule has 1 aliphatic rings. The van der Waals surface area contributed by atoms with Gasteiger partial charge in [-0.05, 0) is 66.6 Å². The lowest BCUT2D eigenvalue weighted by Crippen LogP contribution is -2.31. The number of amides is 2. The molecule has 0 bridgehead atoms. The van der Waals surface area contributed by atoms with Crippen LogP contribution in [0.5, 0.6) is 5.75 Å². The minimum atomic E-state index is -0.637. The number of nitrogens with one attached hydrogen (secondary N) is 3. The highest BCUT2D eigenvalue weighted by molar-refractivity contribution is 8.03. The molecule has 5 rings (SSSR count). The Labute approximate surface area is 249 Å². The van der Waals surface area contributed by atoms with E-state index in [1.54, 1.807) is 0 Å². The Bertz CT molecular complexity index is 1720. The van der Waals surface area contributed by atoms with Gasteiger partial charge in [0, 0.05) is 22.6 Å². The average molecular weight is 575 g/mol. The summed E-state index contributed by atoms with van der Waals surface area (Å²) >= 11 is 1.24. The Kier molecular flexibility index (Phi) is 8.90. The predicted molar refractivity (Wildman–Crippen MR) is 169 cm³/mol. The Hall–Kier alpha value is -5.00. The zero-order chi connectivity index (χ0) is 29.5. The third kappa shape index (κ3) is 6.48. The van der Waals surface area contributed by atoms with Gasteiger partial charge in [-0.3, -0.25) is 9.59 Å². The van der Waals surface area contributed by atoms with E-state index in [4.69, 9.17) is 4.74 Å². The normalized spacial score (nSPS) is 14.6. The lowest BCUT2D eigenvalue weighted by atomic mass is 9.82. The van der Waals surface area contributed by atoms with Crippen LogP contribution in [0.1, 0.15) is 25.3 Å². The second-order valence-corrected chi connectivity index (χ2v) is 10.7. The Morgan fingerprint density at radius 3 is 2.33 bits per heavy atom. The molecule has 1 heterocycles. The van der Waals surface area contributed by atoms with Crippen LogP contribution in [0.3, 0.4) is 0 Å². The summed E-state index contributed by atoms with van der Waals surface area (Å²) in [6, 6.07) is 32.6. The largest absolute Gasteiger partial charge is 0.494 e. The molecule has 0 radical (unpaired) electrons. The van der Waals surface area contributed by atoms with Crippen LogP contribution in [-0.4, -0.2) is 24.2 Å². The zero-order valence-electron chi connectivity index (χ0n) is 23.3. The number of dihydropyridines is 1. The van der Waals surface area contributed by atoms with E-state index in [1.807, 2.05) is 111 Å². The molecule has 0 aromatic heterocycles. The Morgan fingerprint density at radius 2 is 1.62 bits per heavy atom. The monoisotopic (exact) mass is 574 g/mol. The average Bonchev–Trinajstić information content (AvgIpc) is 3.00. The third-order valence-electron chi connectivity index (χ3n) is 6.83. The second-order valence-electron chi connectivity index (χ2n) is 9.67. The summed E-state index contributed by atoms with van der Waals surface area (Å²) in [7, 11) is 0. The van der Waals surface area contributed by atoms with Gasteiger partial charge in [-0.1, -0.05) is 72.4 Å². The number of ether oxygens (including phenoxy) is 1. The lowest BCUT2D eigenvalue weighted by molar-refractivity contribution is -0.114. The molecule has 42 heavy (non-hydrogen) atoms. The number of carbonyl (C=O) groups is 2. The molecule has 0 saturated carbocycles. The van der Waals surface area contributed by atoms with Crippen molar-refractivity contribution in [3.63, 3.8) is 0 Å². The molecule has 210 valence electrons. The zero-order valence-corrected chi connectivity index (χ0v) is 24.1. The molecule has 0 aliphatic carbocycles. The van der Waals surface area contributed by atoms with Gasteiger partial charge < -0.3 is 20.7 Å². The van der Waals surface area contributed by atoms with Crippen molar-refractivity contribution in [3.05, 3.63) is 124 Å². The summed E-state index contributed by atoms with van der Waals surface area (Å²) in [4.78, 5) is 26.6. The molecule has 7 nitrogen and oxygen atoms in total. The van der Waals surface area contributed by atoms with Crippen molar-refractivity contribution in [2.45, 2.75) is 19.8 Å². The molecular weight excluding hydrogens is 544 g/mol. The molecular formula is C34H30N4O3S. The highest BCUT2D eigenvalue weighted by Gasteiger charge is 2.35. The molecule has 8 heteroatoms. The molecule has 0 unspecified atom stereocenters. The number of rotatable bonds is 9. The number of allylic oxidation sites excluding steroid dienone is 2. The van der Waals surface area contributed by atoms with Crippen LogP contribution in [-0.2, 0) is 9.59 Å². The summed E-state index contributed by atoms with van der Waals surface area (Å²) in [5, 5.41) is 22.2. The first-order chi connectivity index (χ1) is 20.5. The van der Waals surface area contributed by atoms with Gasteiger partial charge in [0.15, 0.2) is 0 Å². The van der Waals surface area contributed by atoms with E-state index in [2.05, 4.69) is 22.0 Å². The molecule has 0 saturated heterocycles. The first kappa shape index (κ1) is 28.5. The summed E-state index contributed by atoms with van der Waals surface area (Å²) in [6.45, 7) is 4.25. The smallest absolute Gasteiger partial charge is 0.254 e. The fourth-order valence-corrected chi connectivity index (χ4v) is 5.80. The van der Waals surface area contributed by atoms with Crippen molar-refractivity contribution in [3.8, 4) is 11.8 Å². The first-order valence-electron chi connectivity index (χ1n) is 13.6. The molecule has 4 aromatic rings. The maximum atomic E-state index is 13.6. The van der Waals surface area contributed by atoms with Crippen LogP contribution in [0, 0.1) is 11.3 Å². The minimum absolute atomic E-state index is 0.0785. The first-order valence-corrected chi connectivity index (χ1v) is 14.6. The highest BCUT2D eigenvalue weighted by Crippen LogP contribution is 2.41. The number of benzene rings is 4. The number of carbonyl (C=O) groups excluding carboxylic acids is 2. The van der Waals surface area contributed by atoms with Gasteiger partial charge in [0.2, 0.25) is 5.91 Å². The molecule has 4 aromatic carbocycles. The number of nitriles is 1. The third-order valence-corrected chi connectivity index (χ3v) is 7.85. The number of hydrogen-bond donors (Lipinski definition) is 3. The van der Waals surface area contributed by atoms with Gasteiger partial charge in [0.1, 0.15) is 5.75 Å².